The Labute approximate surface area is 137 Å². The Morgan fingerprint density at radius 3 is 2.48 bits per heavy atom. The number of alkyl halides is 1. The van der Waals surface area contributed by atoms with Crippen molar-refractivity contribution in [3.63, 3.8) is 0 Å². The summed E-state index contributed by atoms with van der Waals surface area (Å²) < 4.78 is 5.86. The number of pyridine rings is 1. The standard InChI is InChI=1S/C16H10Cl3NO/c17-8-10-7-16(20-9-14(10)19)21-15-6-5-13(18)11-3-1-2-4-12(11)15/h1-7,9H,8H2. The van der Waals surface area contributed by atoms with Crippen LogP contribution in [0, 0.1) is 0 Å². The molecule has 0 aliphatic rings. The van der Waals surface area contributed by atoms with Gasteiger partial charge in [-0.1, -0.05) is 47.5 Å². The van der Waals surface area contributed by atoms with Crippen LogP contribution in [0.25, 0.3) is 10.8 Å². The van der Waals surface area contributed by atoms with Crippen LogP contribution in [0.3, 0.4) is 0 Å². The van der Waals surface area contributed by atoms with Crippen molar-refractivity contribution in [2.45, 2.75) is 5.88 Å². The van der Waals surface area contributed by atoms with Crippen LogP contribution >= 0.6 is 34.8 Å². The first-order chi connectivity index (χ1) is 10.2. The molecule has 21 heavy (non-hydrogen) atoms. The number of ether oxygens (including phenoxy) is 1. The lowest BCUT2D eigenvalue weighted by atomic mass is 10.1. The number of hydrogen-bond acceptors (Lipinski definition) is 2. The fraction of sp³-hybridized carbons (Fsp3) is 0.0625. The Kier molecular flexibility index (Phi) is 4.20. The van der Waals surface area contributed by atoms with Gasteiger partial charge in [0.1, 0.15) is 5.75 Å². The maximum atomic E-state index is 6.19. The van der Waals surface area contributed by atoms with E-state index in [2.05, 4.69) is 4.98 Å². The fourth-order valence-electron chi connectivity index (χ4n) is 2.05. The highest BCUT2D eigenvalue weighted by molar-refractivity contribution is 6.35. The van der Waals surface area contributed by atoms with Gasteiger partial charge in [0.2, 0.25) is 5.88 Å². The van der Waals surface area contributed by atoms with Gasteiger partial charge in [-0.2, -0.15) is 0 Å². The normalized spacial score (nSPS) is 10.8. The second-order valence-electron chi connectivity index (χ2n) is 4.44. The average molecular weight is 339 g/mol. The lowest BCUT2D eigenvalue weighted by Gasteiger charge is -2.10. The molecule has 106 valence electrons. The molecule has 0 unspecified atom stereocenters. The Bertz CT molecular complexity index is 805. The van der Waals surface area contributed by atoms with Crippen molar-refractivity contribution in [3.8, 4) is 11.6 Å². The maximum Gasteiger partial charge on any atom is 0.219 e. The molecule has 1 heterocycles. The van der Waals surface area contributed by atoms with E-state index in [9.17, 15) is 0 Å². The average Bonchev–Trinajstić information content (AvgIpc) is 2.52. The molecular weight excluding hydrogens is 329 g/mol. The van der Waals surface area contributed by atoms with Gasteiger partial charge in [0.25, 0.3) is 0 Å². The quantitative estimate of drug-likeness (QED) is 0.540. The Morgan fingerprint density at radius 2 is 1.71 bits per heavy atom. The van der Waals surface area contributed by atoms with Crippen molar-refractivity contribution in [2.24, 2.45) is 0 Å². The lowest BCUT2D eigenvalue weighted by Crippen LogP contribution is -1.91. The first kappa shape index (κ1) is 14.5. The SMILES string of the molecule is ClCc1cc(Oc2ccc(Cl)c3ccccc23)ncc1Cl. The summed E-state index contributed by atoms with van der Waals surface area (Å²) in [7, 11) is 0. The van der Waals surface area contributed by atoms with Gasteiger partial charge in [-0.25, -0.2) is 4.98 Å². The molecule has 1 aromatic heterocycles. The summed E-state index contributed by atoms with van der Waals surface area (Å²) in [5, 5.41) is 3.07. The number of benzene rings is 2. The van der Waals surface area contributed by atoms with Crippen molar-refractivity contribution in [1.29, 1.82) is 0 Å². The Morgan fingerprint density at radius 1 is 0.952 bits per heavy atom. The van der Waals surface area contributed by atoms with E-state index in [1.54, 1.807) is 12.1 Å². The van der Waals surface area contributed by atoms with E-state index < -0.39 is 0 Å². The van der Waals surface area contributed by atoms with Crippen molar-refractivity contribution in [1.82, 2.24) is 4.98 Å². The molecule has 0 saturated heterocycles. The summed E-state index contributed by atoms with van der Waals surface area (Å²) >= 11 is 18.0. The molecule has 3 aromatic rings. The summed E-state index contributed by atoms with van der Waals surface area (Å²) in [6, 6.07) is 13.1. The molecule has 0 atom stereocenters. The van der Waals surface area contributed by atoms with Gasteiger partial charge in [-0.05, 0) is 17.7 Å². The predicted molar refractivity (Wildman–Crippen MR) is 87.8 cm³/mol. The molecule has 2 aromatic carbocycles. The van der Waals surface area contributed by atoms with Crippen LogP contribution in [-0.2, 0) is 5.88 Å². The fourth-order valence-corrected chi connectivity index (χ4v) is 2.74. The van der Waals surface area contributed by atoms with Gasteiger partial charge in [-0.3, -0.25) is 0 Å². The molecule has 0 fully saturated rings. The van der Waals surface area contributed by atoms with Gasteiger partial charge in [0.05, 0.1) is 5.02 Å². The number of aromatic nitrogens is 1. The van der Waals surface area contributed by atoms with Crippen LogP contribution in [0.4, 0.5) is 0 Å². The number of fused-ring (bicyclic) bond motifs is 1. The zero-order valence-corrected chi connectivity index (χ0v) is 13.1. The van der Waals surface area contributed by atoms with Crippen LogP contribution in [0.15, 0.2) is 48.7 Å². The summed E-state index contributed by atoms with van der Waals surface area (Å²) in [4.78, 5) is 4.17. The van der Waals surface area contributed by atoms with E-state index in [1.165, 1.54) is 6.20 Å². The third kappa shape index (κ3) is 2.93. The van der Waals surface area contributed by atoms with Crippen LogP contribution in [0.2, 0.25) is 10.0 Å². The van der Waals surface area contributed by atoms with Crippen molar-refractivity contribution >= 4 is 45.6 Å². The van der Waals surface area contributed by atoms with Crippen LogP contribution < -0.4 is 4.74 Å². The van der Waals surface area contributed by atoms with Gasteiger partial charge in [0.15, 0.2) is 0 Å². The second-order valence-corrected chi connectivity index (χ2v) is 5.52. The lowest BCUT2D eigenvalue weighted by molar-refractivity contribution is 0.467. The van der Waals surface area contributed by atoms with E-state index in [4.69, 9.17) is 39.5 Å². The van der Waals surface area contributed by atoms with Gasteiger partial charge >= 0.3 is 0 Å². The first-order valence-electron chi connectivity index (χ1n) is 6.24. The molecule has 0 N–H and O–H groups in total. The highest BCUT2D eigenvalue weighted by Gasteiger charge is 2.09. The summed E-state index contributed by atoms with van der Waals surface area (Å²) in [6.07, 6.45) is 1.53. The number of halogens is 3. The molecule has 0 bridgehead atoms. The minimum absolute atomic E-state index is 0.305. The Hall–Kier alpha value is -1.48. The number of nitrogens with zero attached hydrogens (tertiary/aromatic N) is 1. The third-order valence-electron chi connectivity index (χ3n) is 3.10. The summed E-state index contributed by atoms with van der Waals surface area (Å²) in [5.41, 5.74) is 0.779. The van der Waals surface area contributed by atoms with Crippen LogP contribution in [0.5, 0.6) is 11.6 Å². The maximum absolute atomic E-state index is 6.19. The van der Waals surface area contributed by atoms with Gasteiger partial charge in [-0.15, -0.1) is 11.6 Å². The van der Waals surface area contributed by atoms with Crippen molar-refractivity contribution in [3.05, 3.63) is 64.3 Å². The molecule has 5 heteroatoms. The molecular formula is C16H10Cl3NO. The molecule has 0 aliphatic carbocycles. The van der Waals surface area contributed by atoms with Crippen molar-refractivity contribution in [2.75, 3.05) is 0 Å². The first-order valence-corrected chi connectivity index (χ1v) is 7.53. The van der Waals surface area contributed by atoms with Crippen LogP contribution in [-0.4, -0.2) is 4.98 Å². The zero-order valence-electron chi connectivity index (χ0n) is 10.8. The molecule has 3 rings (SSSR count). The Balaban J connectivity index is 2.04. The highest BCUT2D eigenvalue weighted by atomic mass is 35.5. The molecule has 0 aliphatic heterocycles. The molecule has 0 saturated carbocycles. The van der Waals surface area contributed by atoms with E-state index in [0.29, 0.717) is 27.6 Å². The second kappa shape index (κ2) is 6.10. The summed E-state index contributed by atoms with van der Waals surface area (Å²) in [5.74, 6) is 1.44. The summed E-state index contributed by atoms with van der Waals surface area (Å²) in [6.45, 7) is 0. The molecule has 2 nitrogen and oxygen atoms in total. The predicted octanol–water partition coefficient (Wildman–Crippen LogP) is 6.07. The van der Waals surface area contributed by atoms with E-state index in [0.717, 1.165) is 16.3 Å². The number of hydrogen-bond donors (Lipinski definition) is 0. The molecule has 0 amide bonds. The minimum atomic E-state index is 0.305. The van der Waals surface area contributed by atoms with E-state index in [1.807, 2.05) is 30.3 Å². The monoisotopic (exact) mass is 337 g/mol. The van der Waals surface area contributed by atoms with E-state index in [-0.39, 0.29) is 0 Å². The topological polar surface area (TPSA) is 22.1 Å². The van der Waals surface area contributed by atoms with Gasteiger partial charge in [0, 0.05) is 33.9 Å². The van der Waals surface area contributed by atoms with Gasteiger partial charge < -0.3 is 4.74 Å². The van der Waals surface area contributed by atoms with Crippen LogP contribution in [0.1, 0.15) is 5.56 Å². The largest absolute Gasteiger partial charge is 0.438 e. The molecule has 0 spiro atoms. The number of rotatable bonds is 3. The van der Waals surface area contributed by atoms with Crippen molar-refractivity contribution < 1.29 is 4.74 Å². The highest BCUT2D eigenvalue weighted by Crippen LogP contribution is 2.34. The molecule has 0 radical (unpaired) electrons. The third-order valence-corrected chi connectivity index (χ3v) is 4.06. The van der Waals surface area contributed by atoms with E-state index >= 15 is 0 Å². The minimum Gasteiger partial charge on any atom is -0.438 e. The zero-order chi connectivity index (χ0) is 14.8. The smallest absolute Gasteiger partial charge is 0.219 e.